The number of nitrogens with one attached hydrogen (secondary N) is 7. The van der Waals surface area contributed by atoms with Crippen molar-refractivity contribution >= 4 is 117 Å². The zero-order valence-electron chi connectivity index (χ0n) is 77.4. The van der Waals surface area contributed by atoms with E-state index in [9.17, 15) is 142 Å². The zero-order chi connectivity index (χ0) is 100. The van der Waals surface area contributed by atoms with Gasteiger partial charge < -0.3 is 88.9 Å². The molecule has 38 heteroatoms. The number of phenolic OH excluding ortho intramolecular Hbond substituents is 2. The number of unbranched alkanes of at least 4 members (excludes halogenated alkanes) is 1. The van der Waals surface area contributed by atoms with Gasteiger partial charge in [0.2, 0.25) is 41.4 Å². The summed E-state index contributed by atoms with van der Waals surface area (Å²) in [5.41, 5.74) is 7.28. The van der Waals surface area contributed by atoms with Gasteiger partial charge in [0.15, 0.2) is 34.7 Å². The second-order valence-electron chi connectivity index (χ2n) is 35.4. The number of carbonyl (C=O) groups excluding carboxylic acids is 17. The second-order valence-corrected chi connectivity index (χ2v) is 35.4. The summed E-state index contributed by atoms with van der Waals surface area (Å²) in [5.74, 6) is -30.8. The molecule has 4 aromatic carbocycles. The number of phenols is 2. The molecule has 1 aliphatic heterocycles. The van der Waals surface area contributed by atoms with E-state index in [0.29, 0.717) is 36.9 Å². The molecule has 0 unspecified atom stereocenters. The van der Waals surface area contributed by atoms with Gasteiger partial charge in [0.25, 0.3) is 11.8 Å². The lowest BCUT2D eigenvalue weighted by atomic mass is 9.85. The first-order valence-corrected chi connectivity index (χ1v) is 45.6. The van der Waals surface area contributed by atoms with Crippen LogP contribution in [0.2, 0.25) is 0 Å². The molecule has 0 fully saturated rings. The molecule has 135 heavy (non-hydrogen) atoms. The van der Waals surface area contributed by atoms with Crippen LogP contribution in [0.4, 0.5) is 0 Å². The van der Waals surface area contributed by atoms with Gasteiger partial charge in [-0.1, -0.05) is 107 Å². The summed E-state index contributed by atoms with van der Waals surface area (Å²) in [5, 5.41) is 111. The lowest BCUT2D eigenvalue weighted by Crippen LogP contribution is -2.52. The van der Waals surface area contributed by atoms with Gasteiger partial charge in [0.1, 0.15) is 29.1 Å². The third-order valence-electron chi connectivity index (χ3n) is 23.8. The molecule has 18 N–H and O–H groups in total. The highest BCUT2D eigenvalue weighted by atomic mass is 16.4. The molecule has 1 heterocycles. The van der Waals surface area contributed by atoms with Gasteiger partial charge in [-0.2, -0.15) is 0 Å². The van der Waals surface area contributed by atoms with E-state index in [4.69, 9.17) is 5.73 Å². The van der Waals surface area contributed by atoms with Crippen LogP contribution in [-0.4, -0.2) is 250 Å². The molecule has 0 spiro atoms. The Kier molecular flexibility index (Phi) is 47.9. The number of aliphatic hydroxyl groups is 4. The average molecular weight is 1890 g/mol. The van der Waals surface area contributed by atoms with E-state index in [1.54, 1.807) is 77.1 Å². The smallest absolute Gasteiger partial charge is 0.304 e. The molecular formula is C97H131N9O29. The molecule has 4 aromatic rings. The summed E-state index contributed by atoms with van der Waals surface area (Å²) >= 11 is 0. The number of carbonyl (C=O) groups is 20. The third kappa shape index (κ3) is 38.8. The Morgan fingerprint density at radius 1 is 0.385 bits per heavy atom. The third-order valence-corrected chi connectivity index (χ3v) is 23.8. The van der Waals surface area contributed by atoms with Crippen molar-refractivity contribution in [2.24, 2.45) is 59.0 Å². The number of aromatic hydroxyl groups is 2. The van der Waals surface area contributed by atoms with Crippen molar-refractivity contribution in [3.8, 4) is 11.5 Å². The van der Waals surface area contributed by atoms with Crippen LogP contribution in [-0.2, 0) is 106 Å². The van der Waals surface area contributed by atoms with Crippen molar-refractivity contribution in [1.82, 2.24) is 42.1 Å². The monoisotopic (exact) mass is 1890 g/mol. The van der Waals surface area contributed by atoms with Gasteiger partial charge in [0, 0.05) is 95.1 Å². The fourth-order valence-electron chi connectivity index (χ4n) is 15.7. The van der Waals surface area contributed by atoms with Gasteiger partial charge in [-0.25, -0.2) is 0 Å². The maximum atomic E-state index is 14.9. The highest BCUT2D eigenvalue weighted by Crippen LogP contribution is 2.28. The Morgan fingerprint density at radius 3 is 1.34 bits per heavy atom. The molecule has 16 atom stereocenters. The number of benzene rings is 4. The number of amides is 9. The summed E-state index contributed by atoms with van der Waals surface area (Å²) in [6.45, 7) is 8.11. The largest absolute Gasteiger partial charge is 0.508 e. The molecule has 0 saturated carbocycles. The van der Waals surface area contributed by atoms with E-state index >= 15 is 0 Å². The van der Waals surface area contributed by atoms with Crippen LogP contribution < -0.4 is 43.0 Å². The predicted molar refractivity (Wildman–Crippen MR) is 486 cm³/mol. The molecule has 0 bridgehead atoms. The number of aliphatic carboxylic acids is 3. The van der Waals surface area contributed by atoms with Crippen LogP contribution in [0.15, 0.2) is 103 Å². The van der Waals surface area contributed by atoms with Crippen molar-refractivity contribution in [2.45, 2.75) is 251 Å². The fourth-order valence-corrected chi connectivity index (χ4v) is 15.7. The van der Waals surface area contributed by atoms with Crippen LogP contribution >= 0.6 is 0 Å². The SMILES string of the molecule is CC[C@H](C)[C@H](NC(=O)[C@H](CO)CC(=O)[C@H](Cc1ccc(O)cc1)NC(=O)[C@H](CC(=O)O)CC(=O)[C@H](CO)NC(=O)[C@@H](CC(=O)[C@H](Cc1ccccc1)NC(=O)[C@@H](CC(=O)CNC(=O)[C@H](CCC(=O)O)CC(=O)CCCC(=O)CCCN1C(=O)c2ccccc2C1=O)[C@@H](C)O)[C@@H](C)O)C(=O)C[C@@H](Cc1ccc(O)cc1)C(=O)N[C@@H](CC(C)C)C(=O)C[C@@H](CC(=O)O)C(=O)N[C@H](C)CCCCN. The fraction of sp³-hybridized carbons (Fsp3) is 0.546. The van der Waals surface area contributed by atoms with Crippen LogP contribution in [0.25, 0.3) is 0 Å². The Balaban J connectivity index is 1.28. The molecule has 5 rings (SSSR count). The zero-order valence-corrected chi connectivity index (χ0v) is 77.4. The number of rotatable bonds is 67. The van der Waals surface area contributed by atoms with Gasteiger partial charge in [0.05, 0.1) is 110 Å². The molecule has 0 radical (unpaired) electrons. The Morgan fingerprint density at radius 2 is 0.830 bits per heavy atom. The molecular weight excluding hydrogens is 1760 g/mol. The van der Waals surface area contributed by atoms with E-state index in [2.05, 4.69) is 37.2 Å². The highest BCUT2D eigenvalue weighted by Gasteiger charge is 2.42. The Hall–Kier alpha value is -12.5. The Bertz CT molecular complexity index is 4730. The number of aliphatic hydroxyl groups excluding tert-OH is 4. The van der Waals surface area contributed by atoms with Crippen LogP contribution in [0, 0.1) is 53.3 Å². The standard InChI is InChI=1S/C97H131N9O29/c1-8-55(4)88(84(120)45-63(39-60-26-31-68(112)32-27-60)91(129)101-76(38-54(2)3)80(116)43-64(47-86(123)124)90(128)100-56(5)18-14-15-36-98)105-93(131)66(52-107)46-81(117)77(41-61-28-33-69(113)34-29-61)102-92(130)65(48-87(125)126)44-82(118)79(53-108)104-95(133)75(58(7)110)50-83(119)78(40-59-19-10-9-11-20-59)103-94(132)74(57(6)109)49-71(115)51-99-89(127)62(30-35-85(121)122)42-70(114)22-16-21-67(111)23-17-37-106-96(134)72-24-12-13-25-73(72)97(106)135/h9-13,19-20,24-29,31-34,54-58,62-66,74-79,88,107-110,112-113H,8,14-18,21-23,30,35-53,98H2,1-7H3,(H,99,127)(H,100,128)(H,101,129)(H,102,130)(H,103,132)(H,104,133)(H,105,131)(H,121,122)(H,123,124)(H,125,126)/t55-,56+,57+,58+,62+,63+,64-,65-,66-,74-,75-,76-,77-,78-,79-,88-/m0/s1. The average Bonchev–Trinajstić information content (AvgIpc) is 1.64. The number of carboxylic acid groups (broad SMARTS) is 3. The van der Waals surface area contributed by atoms with Crippen molar-refractivity contribution in [2.75, 3.05) is 32.8 Å². The molecule has 1 aliphatic rings. The first kappa shape index (κ1) is 113. The second kappa shape index (κ2) is 57.3. The van der Waals surface area contributed by atoms with E-state index in [1.165, 1.54) is 60.7 Å². The normalized spacial score (nSPS) is 15.4. The van der Waals surface area contributed by atoms with E-state index in [-0.39, 0.29) is 111 Å². The maximum Gasteiger partial charge on any atom is 0.304 e. The predicted octanol–water partition coefficient (Wildman–Crippen LogP) is 3.80. The molecule has 38 nitrogen and oxygen atoms in total. The number of hydrogen-bond donors (Lipinski definition) is 17. The van der Waals surface area contributed by atoms with Crippen molar-refractivity contribution < 1.29 is 142 Å². The summed E-state index contributed by atoms with van der Waals surface area (Å²) in [4.78, 5) is 275. The van der Waals surface area contributed by atoms with Crippen LogP contribution in [0.1, 0.15) is 221 Å². The number of ketones is 8. The minimum Gasteiger partial charge on any atom is -0.508 e. The van der Waals surface area contributed by atoms with Crippen molar-refractivity contribution in [1.29, 1.82) is 0 Å². The Labute approximate surface area is 783 Å². The van der Waals surface area contributed by atoms with Crippen molar-refractivity contribution in [3.63, 3.8) is 0 Å². The lowest BCUT2D eigenvalue weighted by Gasteiger charge is -2.28. The number of fused-ring (bicyclic) bond motifs is 1. The minimum absolute atomic E-state index is 0.00483. The number of imide groups is 1. The summed E-state index contributed by atoms with van der Waals surface area (Å²) in [7, 11) is 0. The van der Waals surface area contributed by atoms with Gasteiger partial charge in [-0.05, 0) is 150 Å². The lowest BCUT2D eigenvalue weighted by molar-refractivity contribution is -0.143. The molecule has 0 saturated heterocycles. The summed E-state index contributed by atoms with van der Waals surface area (Å²) in [6, 6.07) is 16.7. The van der Waals surface area contributed by atoms with Gasteiger partial charge in [-0.3, -0.25) is 101 Å². The number of nitrogens with zero attached hydrogens (tertiary/aromatic N) is 1. The van der Waals surface area contributed by atoms with Crippen LogP contribution in [0.3, 0.4) is 0 Å². The number of carboxylic acids is 3. The molecule has 9 amide bonds. The van der Waals surface area contributed by atoms with E-state index in [0.717, 1.165) is 18.7 Å². The van der Waals surface area contributed by atoms with E-state index in [1.807, 2.05) is 0 Å². The highest BCUT2D eigenvalue weighted by molar-refractivity contribution is 6.21. The summed E-state index contributed by atoms with van der Waals surface area (Å²) in [6.07, 6.45) is -10.3. The maximum absolute atomic E-state index is 14.9. The molecule has 738 valence electrons. The summed E-state index contributed by atoms with van der Waals surface area (Å²) < 4.78 is 0. The quantitative estimate of drug-likeness (QED) is 0.0221. The van der Waals surface area contributed by atoms with Gasteiger partial charge in [-0.15, -0.1) is 0 Å². The minimum atomic E-state index is -2.00. The van der Waals surface area contributed by atoms with Gasteiger partial charge >= 0.3 is 17.9 Å². The number of hydrogen-bond acceptors (Lipinski definition) is 27. The first-order valence-electron chi connectivity index (χ1n) is 45.6. The van der Waals surface area contributed by atoms with Crippen LogP contribution in [0.5, 0.6) is 11.5 Å². The van der Waals surface area contributed by atoms with E-state index < -0.39 is 298 Å². The first-order chi connectivity index (χ1) is 63.9. The number of nitrogens with two attached hydrogens (primary N) is 1. The topological polar surface area (TPSA) is 637 Å². The van der Waals surface area contributed by atoms with Crippen molar-refractivity contribution in [3.05, 3.63) is 131 Å². The molecule has 0 aliphatic carbocycles. The molecule has 0 aromatic heterocycles. The number of Topliss-reactive ketones (excluding diaryl/α,β-unsaturated/α-hetero) is 8.